The Hall–Kier alpha value is -2.91. The highest BCUT2D eigenvalue weighted by molar-refractivity contribution is 6.04. The zero-order chi connectivity index (χ0) is 17.1. The van der Waals surface area contributed by atoms with Crippen molar-refractivity contribution >= 4 is 11.6 Å². The minimum absolute atomic E-state index is 0.00883. The Bertz CT molecular complexity index is 765. The third-order valence-corrected chi connectivity index (χ3v) is 3.59. The van der Waals surface area contributed by atoms with Crippen LogP contribution >= 0.6 is 0 Å². The van der Waals surface area contributed by atoms with Gasteiger partial charge in [0.15, 0.2) is 5.82 Å². The minimum Gasteiger partial charge on any atom is -0.382 e. The third-order valence-electron chi connectivity index (χ3n) is 3.59. The minimum atomic E-state index is -0.889. The number of aromatic amines is 1. The summed E-state index contributed by atoms with van der Waals surface area (Å²) in [7, 11) is 0. The second-order valence-electron chi connectivity index (χ2n) is 5.38. The number of oxime groups is 1. The van der Waals surface area contributed by atoms with Crippen molar-refractivity contribution in [3.05, 3.63) is 41.2 Å². The highest BCUT2D eigenvalue weighted by atomic mass is 19.1. The Labute approximate surface area is 135 Å². The van der Waals surface area contributed by atoms with Gasteiger partial charge in [-0.25, -0.2) is 8.78 Å². The van der Waals surface area contributed by atoms with Crippen LogP contribution in [0.1, 0.15) is 30.7 Å². The Morgan fingerprint density at radius 1 is 1.50 bits per heavy atom. The molecule has 0 aliphatic carbocycles. The van der Waals surface area contributed by atoms with Crippen molar-refractivity contribution in [3.8, 4) is 0 Å². The molecule has 0 radical (unpaired) electrons. The van der Waals surface area contributed by atoms with Gasteiger partial charge in [0, 0.05) is 24.4 Å². The van der Waals surface area contributed by atoms with Gasteiger partial charge in [0.2, 0.25) is 6.10 Å². The van der Waals surface area contributed by atoms with Crippen molar-refractivity contribution in [2.24, 2.45) is 5.16 Å². The van der Waals surface area contributed by atoms with E-state index in [1.165, 1.54) is 0 Å². The van der Waals surface area contributed by atoms with E-state index in [1.807, 2.05) is 6.92 Å². The summed E-state index contributed by atoms with van der Waals surface area (Å²) in [5, 5.41) is 19.8. The lowest BCUT2D eigenvalue weighted by Gasteiger charge is -2.12. The van der Waals surface area contributed by atoms with E-state index in [9.17, 15) is 13.6 Å². The highest BCUT2D eigenvalue weighted by Crippen LogP contribution is 2.20. The molecule has 1 aromatic heterocycles. The first-order valence-corrected chi connectivity index (χ1v) is 7.23. The first-order valence-electron chi connectivity index (χ1n) is 7.23. The van der Waals surface area contributed by atoms with Gasteiger partial charge >= 0.3 is 0 Å². The standard InChI is InChI=1S/C14H14F2N6O2/c1-7(13-18-21-22-19-13)6-17-14(23)12-5-11(20-24-12)9-4-8(15)2-3-10(9)16/h2-4,7,12H,5-6H2,1H3,(H,17,23)(H,18,19,21,22). The molecule has 2 N–H and O–H groups in total. The maximum atomic E-state index is 13.7. The van der Waals surface area contributed by atoms with Crippen LogP contribution < -0.4 is 5.32 Å². The van der Waals surface area contributed by atoms with Gasteiger partial charge in [0.1, 0.15) is 11.6 Å². The number of nitrogens with one attached hydrogen (secondary N) is 2. The van der Waals surface area contributed by atoms with Crippen LogP contribution in [0.4, 0.5) is 8.78 Å². The summed E-state index contributed by atoms with van der Waals surface area (Å²) in [6.07, 6.45) is -0.830. The maximum absolute atomic E-state index is 13.7. The van der Waals surface area contributed by atoms with Gasteiger partial charge in [-0.1, -0.05) is 17.3 Å². The smallest absolute Gasteiger partial charge is 0.264 e. The molecule has 1 aliphatic rings. The summed E-state index contributed by atoms with van der Waals surface area (Å²) in [4.78, 5) is 17.1. The second kappa shape index (κ2) is 6.69. The van der Waals surface area contributed by atoms with Gasteiger partial charge in [-0.05, 0) is 18.2 Å². The van der Waals surface area contributed by atoms with E-state index < -0.39 is 23.6 Å². The molecular weight excluding hydrogens is 322 g/mol. The first-order chi connectivity index (χ1) is 11.5. The predicted molar refractivity (Wildman–Crippen MR) is 78.0 cm³/mol. The number of benzene rings is 1. The number of halogens is 2. The van der Waals surface area contributed by atoms with Gasteiger partial charge in [-0.15, -0.1) is 10.2 Å². The quantitative estimate of drug-likeness (QED) is 0.844. The van der Waals surface area contributed by atoms with Crippen molar-refractivity contribution in [2.45, 2.75) is 25.4 Å². The van der Waals surface area contributed by atoms with Gasteiger partial charge < -0.3 is 10.2 Å². The lowest BCUT2D eigenvalue weighted by molar-refractivity contribution is -0.131. The predicted octanol–water partition coefficient (Wildman–Crippen LogP) is 0.891. The SMILES string of the molecule is CC(CNC(=O)C1CC(c2cc(F)ccc2F)=NO1)c1nn[nH]n1. The van der Waals surface area contributed by atoms with Crippen LogP contribution in [0, 0.1) is 11.6 Å². The molecule has 2 heterocycles. The summed E-state index contributed by atoms with van der Waals surface area (Å²) in [6, 6.07) is 3.04. The summed E-state index contributed by atoms with van der Waals surface area (Å²) < 4.78 is 27.0. The highest BCUT2D eigenvalue weighted by Gasteiger charge is 2.30. The number of carbonyl (C=O) groups excluding carboxylic acids is 1. The molecule has 0 spiro atoms. The normalized spacial score (nSPS) is 18.0. The second-order valence-corrected chi connectivity index (χ2v) is 5.38. The van der Waals surface area contributed by atoms with Gasteiger partial charge in [0.05, 0.1) is 5.71 Å². The van der Waals surface area contributed by atoms with E-state index in [0.717, 1.165) is 18.2 Å². The molecule has 1 aromatic carbocycles. The lowest BCUT2D eigenvalue weighted by atomic mass is 10.0. The van der Waals surface area contributed by atoms with Crippen LogP contribution in [-0.2, 0) is 9.63 Å². The van der Waals surface area contributed by atoms with Crippen molar-refractivity contribution < 1.29 is 18.4 Å². The fourth-order valence-electron chi connectivity index (χ4n) is 2.23. The zero-order valence-electron chi connectivity index (χ0n) is 12.7. The summed E-state index contributed by atoms with van der Waals surface area (Å²) in [5.74, 6) is -1.28. The van der Waals surface area contributed by atoms with E-state index in [2.05, 4.69) is 31.1 Å². The Morgan fingerprint density at radius 3 is 3.08 bits per heavy atom. The summed E-state index contributed by atoms with van der Waals surface area (Å²) >= 11 is 0. The molecule has 1 aliphatic heterocycles. The molecule has 8 nitrogen and oxygen atoms in total. The van der Waals surface area contributed by atoms with E-state index in [-0.39, 0.29) is 30.2 Å². The van der Waals surface area contributed by atoms with Gasteiger partial charge in [0.25, 0.3) is 5.91 Å². The van der Waals surface area contributed by atoms with Crippen LogP contribution in [-0.4, -0.2) is 44.9 Å². The number of H-pyrrole nitrogens is 1. The molecule has 126 valence electrons. The first kappa shape index (κ1) is 16.0. The van der Waals surface area contributed by atoms with Gasteiger partial charge in [-0.2, -0.15) is 5.21 Å². The largest absolute Gasteiger partial charge is 0.382 e. The number of hydrogen-bond donors (Lipinski definition) is 2. The van der Waals surface area contributed by atoms with Crippen LogP contribution in [0.3, 0.4) is 0 Å². The Morgan fingerprint density at radius 2 is 2.33 bits per heavy atom. The molecule has 0 saturated heterocycles. The van der Waals surface area contributed by atoms with E-state index in [1.54, 1.807) is 0 Å². The molecule has 2 aromatic rings. The topological polar surface area (TPSA) is 105 Å². The van der Waals surface area contributed by atoms with E-state index in [0.29, 0.717) is 5.82 Å². The number of amides is 1. The average Bonchev–Trinajstić information content (AvgIpc) is 3.26. The fourth-order valence-corrected chi connectivity index (χ4v) is 2.23. The number of rotatable bonds is 5. The van der Waals surface area contributed by atoms with Crippen LogP contribution in [0.15, 0.2) is 23.4 Å². The molecule has 1 amide bonds. The fraction of sp³-hybridized carbons (Fsp3) is 0.357. The molecule has 0 saturated carbocycles. The Kier molecular flexibility index (Phi) is 4.45. The zero-order valence-corrected chi connectivity index (χ0v) is 12.7. The molecule has 3 rings (SSSR count). The lowest BCUT2D eigenvalue weighted by Crippen LogP contribution is -2.37. The van der Waals surface area contributed by atoms with Gasteiger partial charge in [-0.3, -0.25) is 4.79 Å². The third kappa shape index (κ3) is 3.36. The average molecular weight is 336 g/mol. The number of aromatic nitrogens is 4. The maximum Gasteiger partial charge on any atom is 0.264 e. The van der Waals surface area contributed by atoms with Crippen LogP contribution in [0.25, 0.3) is 0 Å². The molecule has 0 bridgehead atoms. The molecule has 0 fully saturated rings. The van der Waals surface area contributed by atoms with Crippen molar-refractivity contribution in [1.82, 2.24) is 25.9 Å². The molecular formula is C14H14F2N6O2. The number of tetrazole rings is 1. The van der Waals surface area contributed by atoms with Crippen molar-refractivity contribution in [1.29, 1.82) is 0 Å². The molecule has 10 heteroatoms. The number of hydrogen-bond acceptors (Lipinski definition) is 6. The Balaban J connectivity index is 1.56. The molecule has 2 unspecified atom stereocenters. The molecule has 2 atom stereocenters. The van der Waals surface area contributed by atoms with E-state index >= 15 is 0 Å². The summed E-state index contributed by atoms with van der Waals surface area (Å²) in [6.45, 7) is 2.10. The number of nitrogens with zero attached hydrogens (tertiary/aromatic N) is 4. The van der Waals surface area contributed by atoms with Crippen LogP contribution in [0.2, 0.25) is 0 Å². The van der Waals surface area contributed by atoms with Crippen molar-refractivity contribution in [2.75, 3.05) is 6.54 Å². The summed E-state index contributed by atoms with van der Waals surface area (Å²) in [5.41, 5.74) is 0.184. The van der Waals surface area contributed by atoms with Crippen LogP contribution in [0.5, 0.6) is 0 Å². The number of carbonyl (C=O) groups is 1. The molecule has 24 heavy (non-hydrogen) atoms. The van der Waals surface area contributed by atoms with Crippen molar-refractivity contribution in [3.63, 3.8) is 0 Å². The monoisotopic (exact) mass is 336 g/mol. The van der Waals surface area contributed by atoms with E-state index in [4.69, 9.17) is 4.84 Å².